The Kier molecular flexibility index (Phi) is 9.05. The number of oxime groups is 1. The fourth-order valence-electron chi connectivity index (χ4n) is 3.45. The van der Waals surface area contributed by atoms with Crippen LogP contribution >= 0.6 is 35.1 Å². The molecule has 41 heavy (non-hydrogen) atoms. The maximum Gasteiger partial charge on any atom is 0.433 e. The van der Waals surface area contributed by atoms with Gasteiger partial charge in [0.25, 0.3) is 21.9 Å². The molecule has 24 heteroatoms. The summed E-state index contributed by atoms with van der Waals surface area (Å²) in [5, 5.41) is 28.2. The molecule has 0 saturated carbocycles. The Morgan fingerprint density at radius 1 is 1.34 bits per heavy atom. The summed E-state index contributed by atoms with van der Waals surface area (Å²) in [6.45, 7) is -0.232. The van der Waals surface area contributed by atoms with Crippen LogP contribution in [0, 0.1) is 0 Å². The molecule has 0 bridgehead atoms. The number of nitrogens with one attached hydrogen (secondary N) is 2. The standard InChI is InChI=1S/C17H19N11O9S4/c1-19-17(33)37-23-7(10-21-15(18)40-24-10)11(29)20-8-12(30)28-9(14(31)32)6(4-38-13(8)28)5-39-16-22-25-26-27(16)2-3-41(34,35)36/h8,13H,2-5H2,1H3,(H,19,33)(H,20,29)(H,31,32)(H2,18,21,24)(H,34,35,36)/b23-7+/t8-,13-/m1/s1. The second-order valence-corrected chi connectivity index (χ2v) is 12.3. The predicted octanol–water partition coefficient (Wildman–Crippen LogP) is -2.41. The zero-order chi connectivity index (χ0) is 29.9. The number of hydrogen-bond acceptors (Lipinski definition) is 17. The molecular weight excluding hydrogens is 631 g/mol. The molecule has 2 atom stereocenters. The average molecular weight is 650 g/mol. The number of nitrogens with two attached hydrogens (primary N) is 1. The van der Waals surface area contributed by atoms with Crippen molar-refractivity contribution in [3.05, 3.63) is 17.1 Å². The monoisotopic (exact) mass is 649 g/mol. The number of anilines is 1. The van der Waals surface area contributed by atoms with Crippen LogP contribution < -0.4 is 16.4 Å². The third-order valence-corrected chi connectivity index (χ3v) is 8.89. The van der Waals surface area contributed by atoms with Crippen LogP contribution in [-0.4, -0.2) is 118 Å². The summed E-state index contributed by atoms with van der Waals surface area (Å²) in [6.07, 6.45) is -0.985. The molecule has 1 saturated heterocycles. The molecule has 3 amide bonds. The van der Waals surface area contributed by atoms with Crippen molar-refractivity contribution in [3.8, 4) is 0 Å². The number of nitrogen functional groups attached to an aromatic ring is 1. The number of thioether (sulfide) groups is 2. The molecule has 0 aliphatic carbocycles. The van der Waals surface area contributed by atoms with Crippen molar-refractivity contribution in [1.29, 1.82) is 0 Å². The Labute approximate surface area is 242 Å². The number of carboxylic acids is 1. The zero-order valence-corrected chi connectivity index (χ0v) is 23.8. The molecule has 4 heterocycles. The second-order valence-electron chi connectivity index (χ2n) is 7.90. The van der Waals surface area contributed by atoms with Gasteiger partial charge in [0.05, 0.1) is 12.3 Å². The molecular formula is C17H19N11O9S4. The van der Waals surface area contributed by atoms with Gasteiger partial charge >= 0.3 is 12.1 Å². The van der Waals surface area contributed by atoms with Crippen LogP contribution in [0.5, 0.6) is 0 Å². The molecule has 6 N–H and O–H groups in total. The Bertz CT molecular complexity index is 1550. The molecule has 2 aliphatic rings. The lowest BCUT2D eigenvalue weighted by molar-refractivity contribution is -0.150. The fourth-order valence-corrected chi connectivity index (χ4v) is 6.67. The minimum atomic E-state index is -4.26. The predicted molar refractivity (Wildman–Crippen MR) is 141 cm³/mol. The SMILES string of the molecule is CNC(=O)O/N=C(/C(=O)N[C@@H]1C(=O)N2C(C(=O)O)=C(CSc3nnnn3CCS(=O)(=O)O)CS[C@H]12)c1nsc(N)n1. The highest BCUT2D eigenvalue weighted by atomic mass is 32.2. The van der Waals surface area contributed by atoms with E-state index in [-0.39, 0.29) is 39.9 Å². The number of aryl methyl sites for hydroxylation is 1. The number of fused-ring (bicyclic) bond motifs is 1. The molecule has 0 spiro atoms. The highest BCUT2D eigenvalue weighted by molar-refractivity contribution is 8.01. The summed E-state index contributed by atoms with van der Waals surface area (Å²) in [5.74, 6) is -3.74. The number of aliphatic carboxylic acids is 1. The molecule has 2 aromatic heterocycles. The zero-order valence-electron chi connectivity index (χ0n) is 20.5. The van der Waals surface area contributed by atoms with E-state index in [0.717, 1.165) is 32.9 Å². The third kappa shape index (κ3) is 6.89. The van der Waals surface area contributed by atoms with Crippen LogP contribution in [0.15, 0.2) is 21.6 Å². The summed E-state index contributed by atoms with van der Waals surface area (Å²) in [4.78, 5) is 59.1. The van der Waals surface area contributed by atoms with Crippen molar-refractivity contribution in [3.63, 3.8) is 0 Å². The first kappa shape index (κ1) is 30.1. The quantitative estimate of drug-likeness (QED) is 0.0423. The molecule has 1 fully saturated rings. The summed E-state index contributed by atoms with van der Waals surface area (Å²) in [6, 6.07) is -1.15. The van der Waals surface area contributed by atoms with E-state index in [1.165, 1.54) is 18.8 Å². The molecule has 0 aromatic carbocycles. The van der Waals surface area contributed by atoms with Gasteiger partial charge in [-0.3, -0.25) is 23.9 Å². The van der Waals surface area contributed by atoms with Crippen LogP contribution in [-0.2, 0) is 35.9 Å². The summed E-state index contributed by atoms with van der Waals surface area (Å²) < 4.78 is 36.0. The van der Waals surface area contributed by atoms with Gasteiger partial charge < -0.3 is 21.5 Å². The Morgan fingerprint density at radius 2 is 2.10 bits per heavy atom. The summed E-state index contributed by atoms with van der Waals surface area (Å²) in [7, 11) is -2.99. The normalized spacial score (nSPS) is 18.9. The van der Waals surface area contributed by atoms with Crippen molar-refractivity contribution in [2.45, 2.75) is 23.1 Å². The Balaban J connectivity index is 1.47. The summed E-state index contributed by atoms with van der Waals surface area (Å²) in [5.41, 5.74) is 5.11. The highest BCUT2D eigenvalue weighted by Gasteiger charge is 2.54. The number of rotatable bonds is 11. The van der Waals surface area contributed by atoms with Crippen LogP contribution in [0.2, 0.25) is 0 Å². The van der Waals surface area contributed by atoms with E-state index in [9.17, 15) is 32.7 Å². The number of carbonyl (C=O) groups excluding carboxylic acids is 3. The van der Waals surface area contributed by atoms with Crippen LogP contribution in [0.1, 0.15) is 5.82 Å². The Hall–Kier alpha value is -3.87. The second kappa shape index (κ2) is 12.3. The van der Waals surface area contributed by atoms with Crippen molar-refractivity contribution in [2.75, 3.05) is 30.0 Å². The summed E-state index contributed by atoms with van der Waals surface area (Å²) >= 11 is 2.95. The van der Waals surface area contributed by atoms with E-state index < -0.39 is 56.9 Å². The first-order chi connectivity index (χ1) is 19.4. The number of tetrazole rings is 1. The first-order valence-electron chi connectivity index (χ1n) is 11.0. The topological polar surface area (TPSA) is 287 Å². The van der Waals surface area contributed by atoms with E-state index in [1.807, 2.05) is 0 Å². The number of amides is 3. The maximum absolute atomic E-state index is 13.0. The van der Waals surface area contributed by atoms with Crippen LogP contribution in [0.4, 0.5) is 9.93 Å². The highest BCUT2D eigenvalue weighted by Crippen LogP contribution is 2.41. The first-order valence-corrected chi connectivity index (χ1v) is 15.4. The lowest BCUT2D eigenvalue weighted by Crippen LogP contribution is -2.71. The van der Waals surface area contributed by atoms with Gasteiger partial charge in [-0.05, 0) is 16.0 Å². The number of nitrogens with zero attached hydrogens (tertiary/aromatic N) is 8. The molecule has 4 rings (SSSR count). The van der Waals surface area contributed by atoms with E-state index in [0.29, 0.717) is 5.57 Å². The lowest BCUT2D eigenvalue weighted by atomic mass is 10.0. The van der Waals surface area contributed by atoms with Crippen molar-refractivity contribution in [1.82, 2.24) is 45.1 Å². The largest absolute Gasteiger partial charge is 0.477 e. The number of carbonyl (C=O) groups is 4. The van der Waals surface area contributed by atoms with Gasteiger partial charge in [0.2, 0.25) is 16.7 Å². The van der Waals surface area contributed by atoms with Gasteiger partial charge in [-0.25, -0.2) is 14.3 Å². The molecule has 220 valence electrons. The fraction of sp³-hybridized carbons (Fsp3) is 0.412. The number of aromatic nitrogens is 6. The van der Waals surface area contributed by atoms with Gasteiger partial charge in [-0.1, -0.05) is 16.9 Å². The molecule has 20 nitrogen and oxygen atoms in total. The van der Waals surface area contributed by atoms with Gasteiger partial charge in [-0.2, -0.15) is 17.8 Å². The molecule has 2 aromatic rings. The van der Waals surface area contributed by atoms with E-state index in [1.54, 1.807) is 0 Å². The Morgan fingerprint density at radius 3 is 2.73 bits per heavy atom. The minimum absolute atomic E-state index is 0.00303. The van der Waals surface area contributed by atoms with Crippen molar-refractivity contribution in [2.24, 2.45) is 5.16 Å². The maximum atomic E-state index is 13.0. The van der Waals surface area contributed by atoms with E-state index in [4.69, 9.17) is 10.3 Å². The van der Waals surface area contributed by atoms with Crippen LogP contribution in [0.25, 0.3) is 0 Å². The van der Waals surface area contributed by atoms with Gasteiger partial charge in [-0.15, -0.1) is 16.9 Å². The van der Waals surface area contributed by atoms with Crippen LogP contribution in [0.3, 0.4) is 0 Å². The molecule has 0 unspecified atom stereocenters. The number of carboxylic acid groups (broad SMARTS) is 1. The average Bonchev–Trinajstić information content (AvgIpc) is 3.56. The lowest BCUT2D eigenvalue weighted by Gasteiger charge is -2.49. The van der Waals surface area contributed by atoms with Crippen molar-refractivity contribution < 1.29 is 42.1 Å². The van der Waals surface area contributed by atoms with Crippen molar-refractivity contribution >= 4 is 79.9 Å². The van der Waals surface area contributed by atoms with E-state index in [2.05, 4.69) is 45.5 Å². The minimum Gasteiger partial charge on any atom is -0.477 e. The van der Waals surface area contributed by atoms with Gasteiger partial charge in [0.15, 0.2) is 5.13 Å². The smallest absolute Gasteiger partial charge is 0.433 e. The van der Waals surface area contributed by atoms with Gasteiger partial charge in [0.1, 0.15) is 17.1 Å². The van der Waals surface area contributed by atoms with E-state index >= 15 is 0 Å². The third-order valence-electron chi connectivity index (χ3n) is 5.26. The van der Waals surface area contributed by atoms with Gasteiger partial charge in [0, 0.05) is 30.1 Å². The molecule has 2 aliphatic heterocycles. The molecule has 0 radical (unpaired) electrons. The number of β-lactam (4-membered cyclic amide) rings is 1. The number of hydrogen-bond donors (Lipinski definition) is 5.